The number of thiazole rings is 1. The second-order valence-corrected chi connectivity index (χ2v) is 5.35. The molecule has 5 heteroatoms. The van der Waals surface area contributed by atoms with Gasteiger partial charge in [0.2, 0.25) is 0 Å². The van der Waals surface area contributed by atoms with E-state index in [2.05, 4.69) is 18.8 Å². The first-order chi connectivity index (χ1) is 7.99. The number of nitrogens with two attached hydrogens (primary N) is 1. The average molecular weight is 255 g/mol. The smallest absolute Gasteiger partial charge is 0.265 e. The first-order valence-electron chi connectivity index (χ1n) is 6.01. The van der Waals surface area contributed by atoms with Crippen LogP contribution in [-0.4, -0.2) is 28.9 Å². The zero-order valence-corrected chi connectivity index (χ0v) is 11.8. The van der Waals surface area contributed by atoms with E-state index in [-0.39, 0.29) is 5.91 Å². The van der Waals surface area contributed by atoms with Crippen LogP contribution >= 0.6 is 11.3 Å². The zero-order chi connectivity index (χ0) is 13.0. The van der Waals surface area contributed by atoms with Crippen LogP contribution in [0.3, 0.4) is 0 Å². The van der Waals surface area contributed by atoms with Crippen molar-refractivity contribution in [3.05, 3.63) is 10.6 Å². The van der Waals surface area contributed by atoms with Gasteiger partial charge in [-0.1, -0.05) is 31.6 Å². The van der Waals surface area contributed by atoms with Gasteiger partial charge >= 0.3 is 0 Å². The number of aromatic nitrogens is 1. The Labute approximate surface area is 107 Å². The van der Waals surface area contributed by atoms with E-state index in [1.165, 1.54) is 11.3 Å². The molecule has 0 fully saturated rings. The van der Waals surface area contributed by atoms with Gasteiger partial charge in [0.1, 0.15) is 4.88 Å². The summed E-state index contributed by atoms with van der Waals surface area (Å²) in [6, 6.07) is 0. The minimum atomic E-state index is 0.0551. The summed E-state index contributed by atoms with van der Waals surface area (Å²) in [5.74, 6) is 0.573. The minimum Gasteiger partial charge on any atom is -0.375 e. The van der Waals surface area contributed by atoms with Crippen LogP contribution in [0.1, 0.15) is 42.6 Å². The lowest BCUT2D eigenvalue weighted by Crippen LogP contribution is -2.34. The van der Waals surface area contributed by atoms with Gasteiger partial charge < -0.3 is 10.6 Å². The number of nitrogens with zero attached hydrogens (tertiary/aromatic N) is 2. The Morgan fingerprint density at radius 1 is 1.53 bits per heavy atom. The summed E-state index contributed by atoms with van der Waals surface area (Å²) in [6.45, 7) is 9.64. The Kier molecular flexibility index (Phi) is 4.93. The van der Waals surface area contributed by atoms with Crippen molar-refractivity contribution in [3.63, 3.8) is 0 Å². The van der Waals surface area contributed by atoms with Crippen LogP contribution in [0, 0.1) is 12.8 Å². The van der Waals surface area contributed by atoms with Gasteiger partial charge in [0, 0.05) is 13.1 Å². The number of hydrogen-bond acceptors (Lipinski definition) is 4. The maximum absolute atomic E-state index is 12.3. The highest BCUT2D eigenvalue weighted by atomic mass is 32.1. The van der Waals surface area contributed by atoms with Crippen LogP contribution in [0.5, 0.6) is 0 Å². The fraction of sp³-hybridized carbons (Fsp3) is 0.667. The third kappa shape index (κ3) is 3.43. The number of hydrogen-bond donors (Lipinski definition) is 1. The molecule has 17 heavy (non-hydrogen) atoms. The molecule has 1 aromatic heterocycles. The predicted molar refractivity (Wildman–Crippen MR) is 72.3 cm³/mol. The van der Waals surface area contributed by atoms with E-state index in [0.717, 1.165) is 25.2 Å². The molecule has 0 saturated heterocycles. The molecule has 0 saturated carbocycles. The van der Waals surface area contributed by atoms with Gasteiger partial charge in [0.25, 0.3) is 5.91 Å². The lowest BCUT2D eigenvalue weighted by atomic mass is 10.1. The van der Waals surface area contributed by atoms with Gasteiger partial charge in [0.15, 0.2) is 5.13 Å². The fourth-order valence-corrected chi connectivity index (χ4v) is 2.42. The molecule has 0 aromatic carbocycles. The fourth-order valence-electron chi connectivity index (χ4n) is 1.62. The van der Waals surface area contributed by atoms with Gasteiger partial charge in [-0.2, -0.15) is 0 Å². The molecule has 1 aromatic rings. The molecular formula is C12H21N3OS. The Morgan fingerprint density at radius 3 is 2.59 bits per heavy atom. The summed E-state index contributed by atoms with van der Waals surface area (Å²) >= 11 is 1.28. The van der Waals surface area contributed by atoms with E-state index in [1.807, 2.05) is 18.7 Å². The number of carbonyl (C=O) groups excluding carboxylic acids is 1. The van der Waals surface area contributed by atoms with Crippen LogP contribution in [0.25, 0.3) is 0 Å². The van der Waals surface area contributed by atoms with E-state index in [0.29, 0.717) is 15.9 Å². The van der Waals surface area contributed by atoms with Crippen LogP contribution in [0.4, 0.5) is 5.13 Å². The average Bonchev–Trinajstić information content (AvgIpc) is 2.64. The van der Waals surface area contributed by atoms with Crippen molar-refractivity contribution < 1.29 is 4.79 Å². The molecule has 1 unspecified atom stereocenters. The molecule has 1 rings (SSSR count). The Balaban J connectivity index is 2.82. The number of amides is 1. The number of aryl methyl sites for hydroxylation is 1. The molecule has 0 aliphatic rings. The van der Waals surface area contributed by atoms with Gasteiger partial charge in [-0.25, -0.2) is 4.98 Å². The van der Waals surface area contributed by atoms with Crippen LogP contribution in [0.15, 0.2) is 0 Å². The van der Waals surface area contributed by atoms with Crippen molar-refractivity contribution in [2.24, 2.45) is 5.92 Å². The normalized spacial score (nSPS) is 12.5. The van der Waals surface area contributed by atoms with E-state index in [9.17, 15) is 4.79 Å². The standard InChI is InChI=1S/C12H21N3OS/c1-5-8(3)7-15(6-2)11(16)10-9(4)14-12(13)17-10/h8H,5-7H2,1-4H3,(H2,13,14). The van der Waals surface area contributed by atoms with E-state index in [1.54, 1.807) is 0 Å². The van der Waals surface area contributed by atoms with Crippen molar-refractivity contribution in [1.29, 1.82) is 0 Å². The number of anilines is 1. The van der Waals surface area contributed by atoms with Crippen LogP contribution in [0.2, 0.25) is 0 Å². The summed E-state index contributed by atoms with van der Waals surface area (Å²) in [7, 11) is 0. The summed E-state index contributed by atoms with van der Waals surface area (Å²) in [6.07, 6.45) is 1.08. The maximum atomic E-state index is 12.3. The van der Waals surface area contributed by atoms with Crippen molar-refractivity contribution in [3.8, 4) is 0 Å². The highest BCUT2D eigenvalue weighted by molar-refractivity contribution is 7.17. The molecule has 1 heterocycles. The van der Waals surface area contributed by atoms with E-state index in [4.69, 9.17) is 5.73 Å². The Morgan fingerprint density at radius 2 is 2.18 bits per heavy atom. The first kappa shape index (κ1) is 14.0. The molecule has 2 N–H and O–H groups in total. The number of nitrogen functional groups attached to an aromatic ring is 1. The summed E-state index contributed by atoms with van der Waals surface area (Å²) in [5, 5.41) is 0.463. The van der Waals surface area contributed by atoms with Crippen molar-refractivity contribution >= 4 is 22.4 Å². The highest BCUT2D eigenvalue weighted by Crippen LogP contribution is 2.22. The third-order valence-electron chi connectivity index (χ3n) is 2.91. The molecule has 96 valence electrons. The number of carbonyl (C=O) groups is 1. The summed E-state index contributed by atoms with van der Waals surface area (Å²) in [5.41, 5.74) is 6.36. The quantitative estimate of drug-likeness (QED) is 0.879. The molecule has 0 aliphatic heterocycles. The second-order valence-electron chi connectivity index (χ2n) is 4.32. The monoisotopic (exact) mass is 255 g/mol. The largest absolute Gasteiger partial charge is 0.375 e. The number of rotatable bonds is 5. The maximum Gasteiger partial charge on any atom is 0.265 e. The van der Waals surface area contributed by atoms with Gasteiger partial charge in [0.05, 0.1) is 5.69 Å². The molecule has 1 atom stereocenters. The lowest BCUT2D eigenvalue weighted by molar-refractivity contribution is 0.0745. The van der Waals surface area contributed by atoms with Crippen LogP contribution in [-0.2, 0) is 0 Å². The van der Waals surface area contributed by atoms with Gasteiger partial charge in [-0.3, -0.25) is 4.79 Å². The van der Waals surface area contributed by atoms with Gasteiger partial charge in [-0.15, -0.1) is 0 Å². The topological polar surface area (TPSA) is 59.2 Å². The van der Waals surface area contributed by atoms with E-state index >= 15 is 0 Å². The van der Waals surface area contributed by atoms with Crippen molar-refractivity contribution in [1.82, 2.24) is 9.88 Å². The molecule has 0 bridgehead atoms. The van der Waals surface area contributed by atoms with Gasteiger partial charge in [-0.05, 0) is 19.8 Å². The molecule has 4 nitrogen and oxygen atoms in total. The molecule has 1 amide bonds. The zero-order valence-electron chi connectivity index (χ0n) is 11.0. The Bertz CT molecular complexity index is 389. The summed E-state index contributed by atoms with van der Waals surface area (Å²) < 4.78 is 0. The van der Waals surface area contributed by atoms with Crippen molar-refractivity contribution in [2.75, 3.05) is 18.8 Å². The molecule has 0 radical (unpaired) electrons. The van der Waals surface area contributed by atoms with Crippen LogP contribution < -0.4 is 5.73 Å². The second kappa shape index (κ2) is 6.00. The lowest BCUT2D eigenvalue weighted by Gasteiger charge is -2.23. The highest BCUT2D eigenvalue weighted by Gasteiger charge is 2.20. The SMILES string of the molecule is CCC(C)CN(CC)C(=O)c1sc(N)nc1C. The predicted octanol–water partition coefficient (Wildman–Crippen LogP) is 2.54. The Hall–Kier alpha value is -1.10. The first-order valence-corrected chi connectivity index (χ1v) is 6.83. The third-order valence-corrected chi connectivity index (χ3v) is 3.88. The molecule has 0 spiro atoms. The molecular weight excluding hydrogens is 234 g/mol. The van der Waals surface area contributed by atoms with Crippen molar-refractivity contribution in [2.45, 2.75) is 34.1 Å². The summed E-state index contributed by atoms with van der Waals surface area (Å²) in [4.78, 5) is 18.9. The van der Waals surface area contributed by atoms with E-state index < -0.39 is 0 Å². The molecule has 0 aliphatic carbocycles. The minimum absolute atomic E-state index is 0.0551.